The van der Waals surface area contributed by atoms with Crippen molar-refractivity contribution in [1.82, 2.24) is 10.4 Å². The maximum Gasteiger partial charge on any atom is 0.270 e. The second-order valence-corrected chi connectivity index (χ2v) is 11.2. The molecule has 0 spiro atoms. The highest BCUT2D eigenvalue weighted by molar-refractivity contribution is 9.10. The second kappa shape index (κ2) is 6.87. The number of carbonyl (C=O) groups excluding carboxylic acids is 3. The van der Waals surface area contributed by atoms with E-state index >= 15 is 0 Å². The summed E-state index contributed by atoms with van der Waals surface area (Å²) in [6, 6.07) is 22.8. The van der Waals surface area contributed by atoms with Crippen molar-refractivity contribution in [2.45, 2.75) is 15.6 Å². The van der Waals surface area contributed by atoms with E-state index in [9.17, 15) is 14.4 Å². The Kier molecular flexibility index (Phi) is 4.33. The van der Waals surface area contributed by atoms with E-state index in [0.717, 1.165) is 32.8 Å². The average molecular weight is 566 g/mol. The van der Waals surface area contributed by atoms with E-state index in [0.29, 0.717) is 5.56 Å². The molecular weight excluding hydrogens is 548 g/mol. The van der Waals surface area contributed by atoms with E-state index in [1.54, 1.807) is 12.1 Å². The normalized spacial score (nSPS) is 28.9. The third-order valence-electron chi connectivity index (χ3n) is 7.19. The molecule has 2 atom stereocenters. The van der Waals surface area contributed by atoms with E-state index in [1.165, 1.54) is 0 Å². The molecular formula is C26H18Br2N2O3. The minimum Gasteiger partial charge on any atom is -0.272 e. The first-order valence-corrected chi connectivity index (χ1v) is 12.2. The lowest BCUT2D eigenvalue weighted by atomic mass is 9.54. The van der Waals surface area contributed by atoms with Crippen molar-refractivity contribution in [2.24, 2.45) is 11.8 Å². The van der Waals surface area contributed by atoms with Gasteiger partial charge in [-0.25, -0.2) is 0 Å². The molecule has 3 aromatic carbocycles. The number of hydrazine groups is 1. The lowest BCUT2D eigenvalue weighted by Gasteiger charge is -2.55. The van der Waals surface area contributed by atoms with Crippen LogP contribution < -0.4 is 5.43 Å². The van der Waals surface area contributed by atoms with Crippen molar-refractivity contribution in [2.75, 3.05) is 0 Å². The number of hydrogen-bond acceptors (Lipinski definition) is 3. The van der Waals surface area contributed by atoms with Gasteiger partial charge in [0.1, 0.15) is 0 Å². The molecule has 0 radical (unpaired) electrons. The van der Waals surface area contributed by atoms with E-state index in [2.05, 4.69) is 37.3 Å². The van der Waals surface area contributed by atoms with Crippen molar-refractivity contribution in [3.05, 3.63) is 106 Å². The van der Waals surface area contributed by atoms with Crippen molar-refractivity contribution < 1.29 is 14.4 Å². The molecule has 0 unspecified atom stereocenters. The first-order valence-electron chi connectivity index (χ1n) is 10.6. The number of nitrogens with zero attached hydrogens (tertiary/aromatic N) is 1. The zero-order chi connectivity index (χ0) is 23.1. The van der Waals surface area contributed by atoms with Crippen LogP contribution >= 0.6 is 31.9 Å². The fourth-order valence-corrected chi connectivity index (χ4v) is 8.07. The predicted molar refractivity (Wildman–Crippen MR) is 130 cm³/mol. The minimum atomic E-state index is -0.880. The molecule has 164 valence electrons. The van der Waals surface area contributed by atoms with Gasteiger partial charge in [0.25, 0.3) is 17.7 Å². The number of nitrogens with one attached hydrogen (secondary N) is 1. The fourth-order valence-electron chi connectivity index (χ4n) is 5.77. The lowest BCUT2D eigenvalue weighted by molar-refractivity contribution is -0.142. The van der Waals surface area contributed by atoms with Gasteiger partial charge in [0.15, 0.2) is 0 Å². The van der Waals surface area contributed by atoms with Gasteiger partial charge in [0.2, 0.25) is 0 Å². The summed E-state index contributed by atoms with van der Waals surface area (Å²) in [6.07, 6.45) is 0. The Balaban J connectivity index is 1.51. The van der Waals surface area contributed by atoms with Crippen LogP contribution in [0.25, 0.3) is 0 Å². The van der Waals surface area contributed by atoms with Crippen molar-refractivity contribution in [3.8, 4) is 0 Å². The number of alkyl halides is 2. The van der Waals surface area contributed by atoms with E-state index < -0.39 is 38.2 Å². The number of halogens is 2. The predicted octanol–water partition coefficient (Wildman–Crippen LogP) is 4.55. The van der Waals surface area contributed by atoms with E-state index in [1.807, 2.05) is 67.6 Å². The Morgan fingerprint density at radius 2 is 1.15 bits per heavy atom. The molecule has 4 aliphatic rings. The van der Waals surface area contributed by atoms with Crippen molar-refractivity contribution in [1.29, 1.82) is 0 Å². The first kappa shape index (κ1) is 20.8. The van der Waals surface area contributed by atoms with Crippen LogP contribution in [-0.2, 0) is 18.2 Å². The molecule has 0 saturated carbocycles. The standard InChI is InChI=1S/C26H18Br2N2O3/c1-14-8-2-3-9-15(14)22(31)29-30-23(32)20-21(24(30)33)26(28)17-11-5-4-10-16(17)25(20,27)18-12-6-7-13-19(18)26/h2-13,20-21H,1H3,(H,29,31)/t20-,21-,25?,26?/m0/s1. The molecule has 1 N–H and O–H groups in total. The zero-order valence-corrected chi connectivity index (χ0v) is 20.7. The summed E-state index contributed by atoms with van der Waals surface area (Å²) in [5.41, 5.74) is 7.60. The van der Waals surface area contributed by atoms with Gasteiger partial charge >= 0.3 is 0 Å². The maximum absolute atomic E-state index is 13.8. The summed E-state index contributed by atoms with van der Waals surface area (Å²) >= 11 is 7.89. The number of benzene rings is 3. The largest absolute Gasteiger partial charge is 0.272 e. The number of carbonyl (C=O) groups is 3. The zero-order valence-electron chi connectivity index (χ0n) is 17.5. The molecule has 2 bridgehead atoms. The summed E-state index contributed by atoms with van der Waals surface area (Å²) in [4.78, 5) is 40.6. The van der Waals surface area contributed by atoms with Gasteiger partial charge in [-0.05, 0) is 40.8 Å². The number of rotatable bonds is 2. The Labute approximate surface area is 207 Å². The Hall–Kier alpha value is -2.77. The fraction of sp³-hybridized carbons (Fsp3) is 0.192. The van der Waals surface area contributed by atoms with Crippen LogP contribution in [0, 0.1) is 18.8 Å². The molecule has 3 amide bonds. The summed E-state index contributed by atoms with van der Waals surface area (Å²) in [5, 5.41) is 0.924. The van der Waals surface area contributed by atoms with Gasteiger partial charge in [-0.3, -0.25) is 19.8 Å². The van der Waals surface area contributed by atoms with E-state index in [4.69, 9.17) is 0 Å². The molecule has 1 fully saturated rings. The number of hydrogen-bond donors (Lipinski definition) is 1. The van der Waals surface area contributed by atoms with Crippen LogP contribution in [0.3, 0.4) is 0 Å². The number of imide groups is 1. The molecule has 1 saturated heterocycles. The summed E-state index contributed by atoms with van der Waals surface area (Å²) in [7, 11) is 0. The van der Waals surface area contributed by atoms with Gasteiger partial charge in [0, 0.05) is 5.56 Å². The quantitative estimate of drug-likeness (QED) is 0.366. The highest BCUT2D eigenvalue weighted by atomic mass is 79.9. The van der Waals surface area contributed by atoms with Crippen LogP contribution in [0.5, 0.6) is 0 Å². The molecule has 3 aliphatic carbocycles. The second-order valence-electron chi connectivity index (χ2n) is 8.74. The van der Waals surface area contributed by atoms with Gasteiger partial charge in [-0.15, -0.1) is 0 Å². The number of amides is 3. The molecule has 1 heterocycles. The molecule has 5 nitrogen and oxygen atoms in total. The van der Waals surface area contributed by atoms with Crippen LogP contribution in [-0.4, -0.2) is 22.7 Å². The third-order valence-corrected chi connectivity index (χ3v) is 9.88. The summed E-state index contributed by atoms with van der Waals surface area (Å²) < 4.78 is -1.76. The topological polar surface area (TPSA) is 66.5 Å². The summed E-state index contributed by atoms with van der Waals surface area (Å²) in [6.45, 7) is 1.82. The Morgan fingerprint density at radius 1 is 0.758 bits per heavy atom. The van der Waals surface area contributed by atoms with Crippen LogP contribution in [0.4, 0.5) is 0 Å². The third kappa shape index (κ3) is 2.44. The Morgan fingerprint density at radius 3 is 1.58 bits per heavy atom. The van der Waals surface area contributed by atoms with Crippen molar-refractivity contribution >= 4 is 49.6 Å². The molecule has 3 aromatic rings. The molecule has 1 aliphatic heterocycles. The smallest absolute Gasteiger partial charge is 0.270 e. The highest BCUT2D eigenvalue weighted by Crippen LogP contribution is 2.70. The first-order chi connectivity index (χ1) is 15.8. The van der Waals surface area contributed by atoms with Gasteiger partial charge in [0.05, 0.1) is 20.5 Å². The maximum atomic E-state index is 13.8. The van der Waals surface area contributed by atoms with Crippen molar-refractivity contribution in [3.63, 3.8) is 0 Å². The molecule has 0 aromatic heterocycles. The monoisotopic (exact) mass is 564 g/mol. The minimum absolute atomic E-state index is 0.420. The van der Waals surface area contributed by atoms with Crippen LogP contribution in [0.15, 0.2) is 72.8 Å². The Bertz CT molecular complexity index is 1260. The molecule has 33 heavy (non-hydrogen) atoms. The number of aryl methyl sites for hydroxylation is 1. The van der Waals surface area contributed by atoms with Gasteiger partial charge in [-0.2, -0.15) is 5.01 Å². The highest BCUT2D eigenvalue weighted by Gasteiger charge is 2.72. The summed E-state index contributed by atoms with van der Waals surface area (Å²) in [5.74, 6) is -2.76. The average Bonchev–Trinajstić information content (AvgIpc) is 3.08. The molecule has 7 heteroatoms. The molecule has 7 rings (SSSR count). The lowest BCUT2D eigenvalue weighted by Crippen LogP contribution is -2.56. The SMILES string of the molecule is Cc1ccccc1C(=O)NN1C(=O)[C@@H]2[C@@H](C1=O)C1(Br)c3ccccc3C2(Br)c2ccccc21. The van der Waals surface area contributed by atoms with Crippen LogP contribution in [0.1, 0.15) is 38.2 Å². The van der Waals surface area contributed by atoms with Crippen LogP contribution in [0.2, 0.25) is 0 Å². The van der Waals surface area contributed by atoms with Gasteiger partial charge in [-0.1, -0.05) is 98.6 Å². The van der Waals surface area contributed by atoms with E-state index in [-0.39, 0.29) is 0 Å². The van der Waals surface area contributed by atoms with Gasteiger partial charge < -0.3 is 0 Å².